The molecule has 4 nitrogen and oxygen atoms in total. The molecule has 108 valence electrons. The molecule has 0 unspecified atom stereocenters. The highest BCUT2D eigenvalue weighted by atomic mass is 79.9. The first-order valence-corrected chi connectivity index (χ1v) is 8.69. The van der Waals surface area contributed by atoms with Crippen LogP contribution in [0.15, 0.2) is 39.0 Å². The van der Waals surface area contributed by atoms with Gasteiger partial charge in [0.25, 0.3) is 10.0 Å². The molecule has 0 radical (unpaired) electrons. The third-order valence-corrected chi connectivity index (χ3v) is 6.09. The minimum atomic E-state index is -3.74. The Kier molecular flexibility index (Phi) is 4.79. The van der Waals surface area contributed by atoms with Crippen molar-refractivity contribution in [3.8, 4) is 0 Å². The second kappa shape index (κ2) is 6.21. The molecule has 2 N–H and O–H groups in total. The molecular formula is C12H11BrFNO3S2. The summed E-state index contributed by atoms with van der Waals surface area (Å²) in [5.41, 5.74) is 0.155. The lowest BCUT2D eigenvalue weighted by molar-refractivity contribution is 0.300. The van der Waals surface area contributed by atoms with Crippen molar-refractivity contribution in [3.05, 3.63) is 45.5 Å². The van der Waals surface area contributed by atoms with Crippen molar-refractivity contribution in [1.82, 2.24) is 0 Å². The quantitative estimate of drug-likeness (QED) is 0.838. The number of thiophene rings is 1. The van der Waals surface area contributed by atoms with Gasteiger partial charge in [-0.05, 0) is 46.3 Å². The lowest BCUT2D eigenvalue weighted by atomic mass is 10.3. The van der Waals surface area contributed by atoms with Crippen molar-refractivity contribution in [2.24, 2.45) is 0 Å². The molecular weight excluding hydrogens is 369 g/mol. The first kappa shape index (κ1) is 15.4. The van der Waals surface area contributed by atoms with E-state index in [0.717, 1.165) is 22.3 Å². The average Bonchev–Trinajstić information content (AvgIpc) is 2.83. The normalized spacial score (nSPS) is 11.6. The van der Waals surface area contributed by atoms with E-state index in [-0.39, 0.29) is 21.0 Å². The molecule has 2 aromatic rings. The summed E-state index contributed by atoms with van der Waals surface area (Å²) in [6.07, 6.45) is 0.410. The molecule has 2 rings (SSSR count). The zero-order chi connectivity index (χ0) is 14.8. The van der Waals surface area contributed by atoms with Crippen molar-refractivity contribution in [2.45, 2.75) is 10.6 Å². The molecule has 0 spiro atoms. The van der Waals surface area contributed by atoms with E-state index in [9.17, 15) is 12.8 Å². The molecule has 0 fully saturated rings. The second-order valence-corrected chi connectivity index (χ2v) is 7.86. The highest BCUT2D eigenvalue weighted by Gasteiger charge is 2.17. The van der Waals surface area contributed by atoms with Crippen molar-refractivity contribution in [1.29, 1.82) is 0 Å². The summed E-state index contributed by atoms with van der Waals surface area (Å²) < 4.78 is 40.3. The Hall–Kier alpha value is -0.960. The Morgan fingerprint density at radius 2 is 2.05 bits per heavy atom. The maximum absolute atomic E-state index is 13.4. The van der Waals surface area contributed by atoms with E-state index in [1.54, 1.807) is 6.07 Å². The fourth-order valence-electron chi connectivity index (χ4n) is 1.51. The summed E-state index contributed by atoms with van der Waals surface area (Å²) in [7, 11) is -3.74. The summed E-state index contributed by atoms with van der Waals surface area (Å²) in [4.78, 5) is 0.773. The van der Waals surface area contributed by atoms with Gasteiger partial charge in [0.1, 0.15) is 10.0 Å². The van der Waals surface area contributed by atoms with Crippen LogP contribution in [0.4, 0.5) is 10.1 Å². The molecule has 0 aliphatic carbocycles. The first-order chi connectivity index (χ1) is 9.42. The number of halogens is 2. The van der Waals surface area contributed by atoms with E-state index in [2.05, 4.69) is 20.7 Å². The Morgan fingerprint density at radius 1 is 1.30 bits per heavy atom. The van der Waals surface area contributed by atoms with Crippen LogP contribution in [0.2, 0.25) is 0 Å². The van der Waals surface area contributed by atoms with Crippen molar-refractivity contribution < 1.29 is 17.9 Å². The predicted octanol–water partition coefficient (Wildman–Crippen LogP) is 2.99. The highest BCUT2D eigenvalue weighted by molar-refractivity contribution is 9.10. The van der Waals surface area contributed by atoms with Gasteiger partial charge in [-0.15, -0.1) is 11.3 Å². The van der Waals surface area contributed by atoms with E-state index in [1.165, 1.54) is 18.2 Å². The first-order valence-electron chi connectivity index (χ1n) is 5.60. The summed E-state index contributed by atoms with van der Waals surface area (Å²) in [6.45, 7) is -0.0364. The van der Waals surface area contributed by atoms with Crippen LogP contribution < -0.4 is 4.72 Å². The fraction of sp³-hybridized carbons (Fsp3) is 0.167. The van der Waals surface area contributed by atoms with Crippen LogP contribution in [0.5, 0.6) is 0 Å². The van der Waals surface area contributed by atoms with Crippen molar-refractivity contribution in [2.75, 3.05) is 11.3 Å². The molecule has 0 saturated heterocycles. The van der Waals surface area contributed by atoms with Crippen LogP contribution in [0, 0.1) is 5.82 Å². The number of benzene rings is 1. The van der Waals surface area contributed by atoms with Crippen LogP contribution in [-0.4, -0.2) is 20.1 Å². The zero-order valence-electron chi connectivity index (χ0n) is 10.1. The average molecular weight is 380 g/mol. The van der Waals surface area contributed by atoms with Gasteiger partial charge in [0, 0.05) is 17.9 Å². The molecule has 0 amide bonds. The Morgan fingerprint density at radius 3 is 2.70 bits per heavy atom. The van der Waals surface area contributed by atoms with Crippen LogP contribution in [0.1, 0.15) is 4.88 Å². The monoisotopic (exact) mass is 379 g/mol. The number of nitrogens with one attached hydrogen (secondary N) is 1. The standard InChI is InChI=1S/C12H11BrFNO3S2/c13-10-3-1-8(7-11(10)14)15-20(17,18)12-4-2-9(19-12)5-6-16/h1-4,7,15-16H,5-6H2. The summed E-state index contributed by atoms with van der Waals surface area (Å²) in [5, 5.41) is 8.82. The van der Waals surface area contributed by atoms with Gasteiger partial charge in [-0.2, -0.15) is 0 Å². The van der Waals surface area contributed by atoms with Gasteiger partial charge in [-0.1, -0.05) is 0 Å². The van der Waals surface area contributed by atoms with Crippen LogP contribution in [0.25, 0.3) is 0 Å². The predicted molar refractivity (Wildman–Crippen MR) is 80.0 cm³/mol. The molecule has 20 heavy (non-hydrogen) atoms. The van der Waals surface area contributed by atoms with Gasteiger partial charge in [0.05, 0.1) is 10.2 Å². The Balaban J connectivity index is 2.23. The minimum absolute atomic E-state index is 0.0364. The lowest BCUT2D eigenvalue weighted by Crippen LogP contribution is -2.11. The largest absolute Gasteiger partial charge is 0.396 e. The molecule has 0 bridgehead atoms. The molecule has 1 aromatic heterocycles. The summed E-state index contributed by atoms with van der Waals surface area (Å²) in [5.74, 6) is -0.544. The second-order valence-electron chi connectivity index (χ2n) is 3.93. The summed E-state index contributed by atoms with van der Waals surface area (Å²) >= 11 is 4.08. The lowest BCUT2D eigenvalue weighted by Gasteiger charge is -2.06. The highest BCUT2D eigenvalue weighted by Crippen LogP contribution is 2.26. The number of aliphatic hydroxyl groups is 1. The number of anilines is 1. The smallest absolute Gasteiger partial charge is 0.271 e. The molecule has 1 aromatic carbocycles. The number of hydrogen-bond donors (Lipinski definition) is 2. The van der Waals surface area contributed by atoms with Gasteiger partial charge in [0.15, 0.2) is 0 Å². The van der Waals surface area contributed by atoms with E-state index in [0.29, 0.717) is 6.42 Å². The van der Waals surface area contributed by atoms with Gasteiger partial charge < -0.3 is 5.11 Å². The van der Waals surface area contributed by atoms with Crippen molar-refractivity contribution >= 4 is 43.0 Å². The molecule has 1 heterocycles. The SMILES string of the molecule is O=S(=O)(Nc1ccc(Br)c(F)c1)c1ccc(CCO)s1. The maximum atomic E-state index is 13.4. The summed E-state index contributed by atoms with van der Waals surface area (Å²) in [6, 6.07) is 7.11. The molecule has 0 aliphatic heterocycles. The van der Waals surface area contributed by atoms with E-state index < -0.39 is 15.8 Å². The number of sulfonamides is 1. The van der Waals surface area contributed by atoms with Crippen LogP contribution in [0.3, 0.4) is 0 Å². The van der Waals surface area contributed by atoms with Crippen LogP contribution in [-0.2, 0) is 16.4 Å². The molecule has 8 heteroatoms. The molecule has 0 aliphatic rings. The van der Waals surface area contributed by atoms with E-state index in [4.69, 9.17) is 5.11 Å². The number of aliphatic hydroxyl groups excluding tert-OH is 1. The third-order valence-electron chi connectivity index (χ3n) is 2.43. The van der Waals surface area contributed by atoms with E-state index >= 15 is 0 Å². The third kappa shape index (κ3) is 3.57. The van der Waals surface area contributed by atoms with Gasteiger partial charge in [-0.25, -0.2) is 12.8 Å². The number of hydrogen-bond acceptors (Lipinski definition) is 4. The topological polar surface area (TPSA) is 66.4 Å². The molecule has 0 atom stereocenters. The number of rotatable bonds is 5. The minimum Gasteiger partial charge on any atom is -0.396 e. The van der Waals surface area contributed by atoms with Gasteiger partial charge >= 0.3 is 0 Å². The Bertz CT molecular complexity index is 715. The van der Waals surface area contributed by atoms with Crippen molar-refractivity contribution in [3.63, 3.8) is 0 Å². The maximum Gasteiger partial charge on any atom is 0.271 e. The fourth-order valence-corrected chi connectivity index (χ4v) is 4.15. The molecule has 0 saturated carbocycles. The Labute approximate surface area is 128 Å². The van der Waals surface area contributed by atoms with Gasteiger partial charge in [0.2, 0.25) is 0 Å². The zero-order valence-corrected chi connectivity index (χ0v) is 13.4. The van der Waals surface area contributed by atoms with E-state index in [1.807, 2.05) is 0 Å². The van der Waals surface area contributed by atoms with Gasteiger partial charge in [-0.3, -0.25) is 4.72 Å². The van der Waals surface area contributed by atoms with Crippen LogP contribution >= 0.6 is 27.3 Å².